The number of carbonyl (C=O) groups excluding carboxylic acids is 1. The van der Waals surface area contributed by atoms with Crippen LogP contribution in [0.5, 0.6) is 0 Å². The van der Waals surface area contributed by atoms with Crippen molar-refractivity contribution in [3.63, 3.8) is 0 Å². The molecule has 98 valence electrons. The van der Waals surface area contributed by atoms with Crippen molar-refractivity contribution >= 4 is 17.2 Å². The molecule has 4 nitrogen and oxygen atoms in total. The molecule has 0 saturated heterocycles. The van der Waals surface area contributed by atoms with E-state index in [9.17, 15) is 4.79 Å². The van der Waals surface area contributed by atoms with Gasteiger partial charge in [0.25, 0.3) is 5.91 Å². The van der Waals surface area contributed by atoms with Gasteiger partial charge < -0.3 is 5.32 Å². The summed E-state index contributed by atoms with van der Waals surface area (Å²) >= 11 is 1.57. The summed E-state index contributed by atoms with van der Waals surface area (Å²) in [5.41, 5.74) is 4.27. The molecule has 0 spiro atoms. The highest BCUT2D eigenvalue weighted by atomic mass is 32.1. The molecular formula is C14H15N3OS. The normalized spacial score (nSPS) is 14.4. The fraction of sp³-hybridized carbons (Fsp3) is 0.357. The molecule has 0 unspecified atom stereocenters. The van der Waals surface area contributed by atoms with Crippen LogP contribution in [0.3, 0.4) is 0 Å². The molecule has 5 heteroatoms. The maximum atomic E-state index is 11.9. The van der Waals surface area contributed by atoms with Gasteiger partial charge in [-0.05, 0) is 37.8 Å². The van der Waals surface area contributed by atoms with Gasteiger partial charge in [-0.15, -0.1) is 11.3 Å². The van der Waals surface area contributed by atoms with Gasteiger partial charge >= 0.3 is 0 Å². The molecule has 1 amide bonds. The van der Waals surface area contributed by atoms with Gasteiger partial charge in [-0.3, -0.25) is 9.78 Å². The first-order valence-corrected chi connectivity index (χ1v) is 7.26. The lowest BCUT2D eigenvalue weighted by Gasteiger charge is -2.04. The van der Waals surface area contributed by atoms with E-state index in [2.05, 4.69) is 15.3 Å². The van der Waals surface area contributed by atoms with Gasteiger partial charge in [-0.25, -0.2) is 4.98 Å². The second kappa shape index (κ2) is 5.09. The van der Waals surface area contributed by atoms with Crippen LogP contribution in [0.25, 0.3) is 10.6 Å². The summed E-state index contributed by atoms with van der Waals surface area (Å²) in [4.78, 5) is 21.5. The maximum absolute atomic E-state index is 11.9. The summed E-state index contributed by atoms with van der Waals surface area (Å²) in [6.07, 6.45) is 4.11. The number of rotatable bonds is 4. The number of aromatic nitrogens is 2. The van der Waals surface area contributed by atoms with Gasteiger partial charge in [0.05, 0.1) is 27.3 Å². The predicted molar refractivity (Wildman–Crippen MR) is 75.1 cm³/mol. The van der Waals surface area contributed by atoms with Crippen LogP contribution in [-0.4, -0.2) is 22.4 Å². The first-order valence-electron chi connectivity index (χ1n) is 6.39. The molecule has 1 N–H and O–H groups in total. The highest BCUT2D eigenvalue weighted by Crippen LogP contribution is 2.28. The van der Waals surface area contributed by atoms with E-state index in [4.69, 9.17) is 0 Å². The fourth-order valence-corrected chi connectivity index (χ4v) is 2.65. The minimum atomic E-state index is -0.0352. The lowest BCUT2D eigenvalue weighted by molar-refractivity contribution is 0.0951. The van der Waals surface area contributed by atoms with Crippen molar-refractivity contribution < 1.29 is 4.79 Å². The molecular weight excluding hydrogens is 258 g/mol. The van der Waals surface area contributed by atoms with E-state index in [0.29, 0.717) is 11.5 Å². The van der Waals surface area contributed by atoms with Crippen molar-refractivity contribution in [1.82, 2.24) is 15.3 Å². The number of carbonyl (C=O) groups is 1. The zero-order valence-electron chi connectivity index (χ0n) is 10.7. The van der Waals surface area contributed by atoms with Gasteiger partial charge in [0.1, 0.15) is 0 Å². The second-order valence-corrected chi connectivity index (χ2v) is 5.71. The van der Waals surface area contributed by atoms with Crippen molar-refractivity contribution in [1.29, 1.82) is 0 Å². The second-order valence-electron chi connectivity index (χ2n) is 4.85. The maximum Gasteiger partial charge on any atom is 0.252 e. The molecule has 2 aromatic heterocycles. The van der Waals surface area contributed by atoms with Crippen molar-refractivity contribution in [2.45, 2.75) is 19.8 Å². The average Bonchev–Trinajstić information content (AvgIpc) is 3.17. The molecule has 0 aliphatic heterocycles. The third-order valence-electron chi connectivity index (χ3n) is 3.25. The number of amides is 1. The minimum Gasteiger partial charge on any atom is -0.352 e. The highest BCUT2D eigenvalue weighted by molar-refractivity contribution is 7.13. The minimum absolute atomic E-state index is 0.0352. The third-order valence-corrected chi connectivity index (χ3v) is 4.20. The summed E-state index contributed by atoms with van der Waals surface area (Å²) in [6.45, 7) is 2.75. The summed E-state index contributed by atoms with van der Waals surface area (Å²) in [7, 11) is 0. The molecule has 0 radical (unpaired) electrons. The van der Waals surface area contributed by atoms with Crippen LogP contribution in [0.15, 0.2) is 23.8 Å². The number of aryl methyl sites for hydroxylation is 1. The van der Waals surface area contributed by atoms with Gasteiger partial charge in [0.15, 0.2) is 0 Å². The topological polar surface area (TPSA) is 54.9 Å². The molecule has 0 aromatic carbocycles. The van der Waals surface area contributed by atoms with E-state index in [1.807, 2.05) is 24.6 Å². The van der Waals surface area contributed by atoms with E-state index < -0.39 is 0 Å². The number of hydrogen-bond donors (Lipinski definition) is 1. The first kappa shape index (κ1) is 12.3. The summed E-state index contributed by atoms with van der Waals surface area (Å²) in [6, 6.07) is 3.70. The van der Waals surface area contributed by atoms with Gasteiger partial charge in [0.2, 0.25) is 0 Å². The van der Waals surface area contributed by atoms with Crippen LogP contribution in [0.2, 0.25) is 0 Å². The van der Waals surface area contributed by atoms with Gasteiger partial charge in [0, 0.05) is 12.7 Å². The standard InChI is InChI=1S/C14H15N3OS/c1-9-13(19-8-17-9)12-5-4-11(7-15-12)14(18)16-6-10-2-3-10/h4-5,7-8,10H,2-3,6H2,1H3,(H,16,18). The van der Waals surface area contributed by atoms with Crippen LogP contribution in [0, 0.1) is 12.8 Å². The summed E-state index contributed by atoms with van der Waals surface area (Å²) in [5.74, 6) is 0.656. The van der Waals surface area contributed by atoms with Crippen molar-refractivity contribution in [2.24, 2.45) is 5.92 Å². The lowest BCUT2D eigenvalue weighted by Crippen LogP contribution is -2.25. The predicted octanol–water partition coefficient (Wildman–Crippen LogP) is 2.65. The quantitative estimate of drug-likeness (QED) is 0.931. The Bertz CT molecular complexity index is 587. The summed E-state index contributed by atoms with van der Waals surface area (Å²) in [5, 5.41) is 2.94. The number of thiazole rings is 1. The first-order chi connectivity index (χ1) is 9.24. The molecule has 0 atom stereocenters. The van der Waals surface area contributed by atoms with E-state index in [-0.39, 0.29) is 5.91 Å². The zero-order valence-corrected chi connectivity index (χ0v) is 11.5. The van der Waals surface area contributed by atoms with Gasteiger partial charge in [-0.2, -0.15) is 0 Å². The largest absolute Gasteiger partial charge is 0.352 e. The summed E-state index contributed by atoms with van der Waals surface area (Å²) < 4.78 is 0. The zero-order chi connectivity index (χ0) is 13.2. The lowest BCUT2D eigenvalue weighted by atomic mass is 10.2. The Morgan fingerprint density at radius 2 is 2.26 bits per heavy atom. The van der Waals surface area contributed by atoms with Gasteiger partial charge in [-0.1, -0.05) is 0 Å². The fourth-order valence-electron chi connectivity index (χ4n) is 1.87. The highest BCUT2D eigenvalue weighted by Gasteiger charge is 2.21. The molecule has 1 saturated carbocycles. The molecule has 3 rings (SSSR count). The smallest absolute Gasteiger partial charge is 0.252 e. The molecule has 1 aliphatic rings. The van der Waals surface area contributed by atoms with Crippen molar-refractivity contribution in [3.8, 4) is 10.6 Å². The van der Waals surface area contributed by atoms with Crippen LogP contribution in [0.4, 0.5) is 0 Å². The molecule has 2 aromatic rings. The van der Waals surface area contributed by atoms with Crippen molar-refractivity contribution in [2.75, 3.05) is 6.54 Å². The van der Waals surface area contributed by atoms with E-state index in [1.165, 1.54) is 12.8 Å². The molecule has 2 heterocycles. The average molecular weight is 273 g/mol. The molecule has 19 heavy (non-hydrogen) atoms. The Hall–Kier alpha value is -1.75. The molecule has 1 fully saturated rings. The monoisotopic (exact) mass is 273 g/mol. The Morgan fingerprint density at radius 1 is 1.42 bits per heavy atom. The van der Waals surface area contributed by atoms with Crippen LogP contribution < -0.4 is 5.32 Å². The Balaban J connectivity index is 1.71. The molecule has 0 bridgehead atoms. The third kappa shape index (κ3) is 2.81. The Labute approximate surface area is 115 Å². The van der Waals surface area contributed by atoms with E-state index >= 15 is 0 Å². The van der Waals surface area contributed by atoms with Crippen molar-refractivity contribution in [3.05, 3.63) is 35.1 Å². The van der Waals surface area contributed by atoms with Crippen LogP contribution in [-0.2, 0) is 0 Å². The van der Waals surface area contributed by atoms with E-state index in [1.54, 1.807) is 17.5 Å². The number of nitrogens with one attached hydrogen (secondary N) is 1. The SMILES string of the molecule is Cc1ncsc1-c1ccc(C(=O)NCC2CC2)cn1. The number of pyridine rings is 1. The Morgan fingerprint density at radius 3 is 2.84 bits per heavy atom. The number of nitrogens with zero attached hydrogens (tertiary/aromatic N) is 2. The Kier molecular flexibility index (Phi) is 3.29. The molecule has 1 aliphatic carbocycles. The number of hydrogen-bond acceptors (Lipinski definition) is 4. The van der Waals surface area contributed by atoms with E-state index in [0.717, 1.165) is 22.8 Å². The van der Waals surface area contributed by atoms with Crippen LogP contribution in [0.1, 0.15) is 28.9 Å². The van der Waals surface area contributed by atoms with Crippen LogP contribution >= 0.6 is 11.3 Å².